The molecule has 0 saturated heterocycles. The average molecular weight is 282 g/mol. The van der Waals surface area contributed by atoms with Gasteiger partial charge in [-0.2, -0.15) is 0 Å². The van der Waals surface area contributed by atoms with Crippen LogP contribution in [-0.4, -0.2) is 17.2 Å². The van der Waals surface area contributed by atoms with Crippen molar-refractivity contribution in [2.75, 3.05) is 0 Å². The zero-order valence-electron chi connectivity index (χ0n) is 10.2. The van der Waals surface area contributed by atoms with E-state index in [-0.39, 0.29) is 23.4 Å². The highest BCUT2D eigenvalue weighted by molar-refractivity contribution is 6.58. The van der Waals surface area contributed by atoms with Gasteiger partial charge in [0.05, 0.1) is 0 Å². The summed E-state index contributed by atoms with van der Waals surface area (Å²) in [7, 11) is -1.81. The molecule has 0 saturated carbocycles. The number of ether oxygens (including phenoxy) is 1. The highest BCUT2D eigenvalue weighted by Gasteiger charge is 2.14. The van der Waals surface area contributed by atoms with Gasteiger partial charge in [-0.25, -0.2) is 13.2 Å². The van der Waals surface area contributed by atoms with Crippen LogP contribution in [0, 0.1) is 17.5 Å². The molecule has 7 heteroatoms. The third kappa shape index (κ3) is 3.52. The molecule has 0 aliphatic carbocycles. The molecule has 3 nitrogen and oxygen atoms in total. The van der Waals surface area contributed by atoms with Gasteiger partial charge in [0.25, 0.3) is 0 Å². The first-order valence-corrected chi connectivity index (χ1v) is 5.69. The highest BCUT2D eigenvalue weighted by atomic mass is 19.1. The van der Waals surface area contributed by atoms with Crippen LogP contribution in [-0.2, 0) is 6.61 Å². The molecule has 0 atom stereocenters. The predicted molar refractivity (Wildman–Crippen MR) is 66.9 cm³/mol. The molecule has 0 fully saturated rings. The Morgan fingerprint density at radius 1 is 0.950 bits per heavy atom. The minimum absolute atomic E-state index is 0.0387. The fourth-order valence-corrected chi connectivity index (χ4v) is 1.66. The summed E-state index contributed by atoms with van der Waals surface area (Å²) in [5.41, 5.74) is 0.250. The summed E-state index contributed by atoms with van der Waals surface area (Å²) in [6.07, 6.45) is 0. The Balaban J connectivity index is 2.14. The van der Waals surface area contributed by atoms with E-state index in [9.17, 15) is 13.2 Å². The second-order valence-electron chi connectivity index (χ2n) is 4.13. The number of benzene rings is 2. The third-order valence-corrected chi connectivity index (χ3v) is 2.57. The van der Waals surface area contributed by atoms with Crippen molar-refractivity contribution in [3.63, 3.8) is 0 Å². The van der Waals surface area contributed by atoms with Crippen LogP contribution in [0.2, 0.25) is 0 Å². The summed E-state index contributed by atoms with van der Waals surface area (Å²) in [5, 5.41) is 18.0. The number of hydrogen-bond donors (Lipinski definition) is 2. The van der Waals surface area contributed by atoms with Crippen LogP contribution in [0.15, 0.2) is 36.4 Å². The maximum Gasteiger partial charge on any atom is 0.488 e. The van der Waals surface area contributed by atoms with E-state index in [0.29, 0.717) is 6.07 Å². The second kappa shape index (κ2) is 5.98. The van der Waals surface area contributed by atoms with Crippen molar-refractivity contribution >= 4 is 12.6 Å². The molecule has 2 aromatic rings. The molecule has 0 spiro atoms. The molecule has 0 unspecified atom stereocenters. The summed E-state index contributed by atoms with van der Waals surface area (Å²) in [5.74, 6) is -2.45. The molecule has 0 aliphatic rings. The van der Waals surface area contributed by atoms with Crippen LogP contribution < -0.4 is 10.2 Å². The quantitative estimate of drug-likeness (QED) is 0.832. The Labute approximate surface area is 113 Å². The van der Waals surface area contributed by atoms with E-state index in [0.717, 1.165) is 24.3 Å². The number of hydrogen-bond acceptors (Lipinski definition) is 3. The van der Waals surface area contributed by atoms with Crippen LogP contribution in [0.1, 0.15) is 5.56 Å². The van der Waals surface area contributed by atoms with Crippen molar-refractivity contribution in [1.82, 2.24) is 0 Å². The molecule has 104 valence electrons. The zero-order chi connectivity index (χ0) is 14.7. The van der Waals surface area contributed by atoms with Gasteiger partial charge in [0.1, 0.15) is 18.2 Å². The molecule has 2 N–H and O–H groups in total. The van der Waals surface area contributed by atoms with Crippen LogP contribution in [0.5, 0.6) is 5.75 Å². The fourth-order valence-electron chi connectivity index (χ4n) is 1.66. The monoisotopic (exact) mass is 282 g/mol. The Hall–Kier alpha value is -1.99. The lowest BCUT2D eigenvalue weighted by Gasteiger charge is -2.09. The lowest BCUT2D eigenvalue weighted by Crippen LogP contribution is -2.30. The molecule has 2 rings (SSSR count). The summed E-state index contributed by atoms with van der Waals surface area (Å²) in [4.78, 5) is 0. The Morgan fingerprint density at radius 3 is 2.35 bits per heavy atom. The van der Waals surface area contributed by atoms with Crippen LogP contribution >= 0.6 is 0 Å². The van der Waals surface area contributed by atoms with Crippen molar-refractivity contribution in [2.24, 2.45) is 0 Å². The van der Waals surface area contributed by atoms with E-state index in [2.05, 4.69) is 0 Å². The maximum atomic E-state index is 13.3. The normalized spacial score (nSPS) is 10.4. The summed E-state index contributed by atoms with van der Waals surface area (Å²) in [6, 6.07) is 6.22. The first-order valence-electron chi connectivity index (χ1n) is 5.69. The molecule has 0 aromatic heterocycles. The highest BCUT2D eigenvalue weighted by Crippen LogP contribution is 2.19. The third-order valence-electron chi connectivity index (χ3n) is 2.57. The van der Waals surface area contributed by atoms with E-state index >= 15 is 0 Å². The smallest absolute Gasteiger partial charge is 0.486 e. The van der Waals surface area contributed by atoms with Crippen molar-refractivity contribution in [2.45, 2.75) is 6.61 Å². The van der Waals surface area contributed by atoms with Crippen molar-refractivity contribution in [3.8, 4) is 5.75 Å². The largest absolute Gasteiger partial charge is 0.488 e. The van der Waals surface area contributed by atoms with Gasteiger partial charge >= 0.3 is 7.12 Å². The second-order valence-corrected chi connectivity index (χ2v) is 4.13. The van der Waals surface area contributed by atoms with Gasteiger partial charge in [-0.1, -0.05) is 6.07 Å². The van der Waals surface area contributed by atoms with E-state index in [1.807, 2.05) is 0 Å². The van der Waals surface area contributed by atoms with E-state index in [4.69, 9.17) is 14.8 Å². The summed E-state index contributed by atoms with van der Waals surface area (Å²) < 4.78 is 44.4. The SMILES string of the molecule is OB(O)c1cc(F)cc(COc2ccc(F)cc2F)c1. The molecular weight excluding hydrogens is 272 g/mol. The van der Waals surface area contributed by atoms with E-state index < -0.39 is 24.6 Å². The van der Waals surface area contributed by atoms with Gasteiger partial charge < -0.3 is 14.8 Å². The minimum atomic E-state index is -1.81. The van der Waals surface area contributed by atoms with Crippen molar-refractivity contribution in [1.29, 1.82) is 0 Å². The van der Waals surface area contributed by atoms with Crippen LogP contribution in [0.3, 0.4) is 0 Å². The molecule has 0 aliphatic heterocycles. The van der Waals surface area contributed by atoms with Crippen LogP contribution in [0.4, 0.5) is 13.2 Å². The Bertz CT molecular complexity index is 620. The summed E-state index contributed by atoms with van der Waals surface area (Å²) >= 11 is 0. The average Bonchev–Trinajstić information content (AvgIpc) is 2.37. The molecule has 0 heterocycles. The molecular formula is C13H10BF3O3. The maximum absolute atomic E-state index is 13.3. The molecule has 0 amide bonds. The van der Waals surface area contributed by atoms with Crippen molar-refractivity contribution in [3.05, 3.63) is 59.4 Å². The Morgan fingerprint density at radius 2 is 1.70 bits per heavy atom. The fraction of sp³-hybridized carbons (Fsp3) is 0.0769. The lowest BCUT2D eigenvalue weighted by molar-refractivity contribution is 0.289. The van der Waals surface area contributed by atoms with E-state index in [1.165, 1.54) is 6.07 Å². The van der Waals surface area contributed by atoms with Crippen molar-refractivity contribution < 1.29 is 28.0 Å². The molecule has 2 aromatic carbocycles. The molecule has 0 radical (unpaired) electrons. The minimum Gasteiger partial charge on any atom is -0.486 e. The standard InChI is InChI=1S/C13H10BF3O3/c15-10-1-2-13(12(17)6-10)20-7-8-3-9(14(18)19)5-11(16)4-8/h1-6,18-19H,7H2. The van der Waals surface area contributed by atoms with E-state index in [1.54, 1.807) is 0 Å². The van der Waals surface area contributed by atoms with Gasteiger partial charge in [-0.05, 0) is 35.3 Å². The van der Waals surface area contributed by atoms with Gasteiger partial charge in [0.2, 0.25) is 0 Å². The predicted octanol–water partition coefficient (Wildman–Crippen LogP) is 1.36. The van der Waals surface area contributed by atoms with Gasteiger partial charge in [0, 0.05) is 6.07 Å². The van der Waals surface area contributed by atoms with Gasteiger partial charge in [-0.15, -0.1) is 0 Å². The Kier molecular flexibility index (Phi) is 4.31. The van der Waals surface area contributed by atoms with Gasteiger partial charge in [-0.3, -0.25) is 0 Å². The topological polar surface area (TPSA) is 49.7 Å². The zero-order valence-corrected chi connectivity index (χ0v) is 10.2. The number of halogens is 3. The molecule has 0 bridgehead atoms. The van der Waals surface area contributed by atoms with Crippen LogP contribution in [0.25, 0.3) is 0 Å². The summed E-state index contributed by atoms with van der Waals surface area (Å²) in [6.45, 7) is -0.194. The molecule has 20 heavy (non-hydrogen) atoms. The lowest BCUT2D eigenvalue weighted by atomic mass is 9.79. The first kappa shape index (κ1) is 14.4. The van der Waals surface area contributed by atoms with Gasteiger partial charge in [0.15, 0.2) is 11.6 Å². The first-order chi connectivity index (χ1) is 9.45. The number of rotatable bonds is 4.